The number of ether oxygens (including phenoxy) is 1. The van der Waals surface area contributed by atoms with Gasteiger partial charge in [-0.2, -0.15) is 5.10 Å². The van der Waals surface area contributed by atoms with Gasteiger partial charge in [0, 0.05) is 51.9 Å². The van der Waals surface area contributed by atoms with E-state index in [4.69, 9.17) is 4.74 Å². The topological polar surface area (TPSA) is 59.3 Å². The Morgan fingerprint density at radius 3 is 3.00 bits per heavy atom. The molecular weight excluding hydrogens is 218 g/mol. The second-order valence-electron chi connectivity index (χ2n) is 4.58. The molecule has 1 aliphatic heterocycles. The van der Waals surface area contributed by atoms with Crippen LogP contribution in [0.3, 0.4) is 0 Å². The molecule has 1 aromatic rings. The van der Waals surface area contributed by atoms with E-state index in [1.165, 1.54) is 0 Å². The van der Waals surface area contributed by atoms with Crippen molar-refractivity contribution in [3.63, 3.8) is 0 Å². The summed E-state index contributed by atoms with van der Waals surface area (Å²) in [5.74, 6) is 0. The van der Waals surface area contributed by atoms with Crippen LogP contribution in [0.2, 0.25) is 0 Å². The van der Waals surface area contributed by atoms with Gasteiger partial charge in [0.15, 0.2) is 0 Å². The van der Waals surface area contributed by atoms with E-state index in [1.807, 2.05) is 16.9 Å². The largest absolute Gasteiger partial charge is 0.388 e. The van der Waals surface area contributed by atoms with E-state index in [1.54, 1.807) is 0 Å². The van der Waals surface area contributed by atoms with Crippen molar-refractivity contribution in [1.82, 2.24) is 15.1 Å². The van der Waals surface area contributed by atoms with Gasteiger partial charge in [-0.25, -0.2) is 0 Å². The summed E-state index contributed by atoms with van der Waals surface area (Å²) >= 11 is 0. The van der Waals surface area contributed by atoms with Gasteiger partial charge >= 0.3 is 0 Å². The van der Waals surface area contributed by atoms with Crippen LogP contribution in [0.5, 0.6) is 0 Å². The van der Waals surface area contributed by atoms with Crippen molar-refractivity contribution >= 4 is 0 Å². The van der Waals surface area contributed by atoms with Crippen molar-refractivity contribution < 1.29 is 9.84 Å². The standard InChI is InChI=1S/C12H21N3O2/c1-2-15-11(3-6-14-15)9-13-10-12(16)4-7-17-8-5-12/h3,6,13,16H,2,4-5,7-10H2,1H3. The monoisotopic (exact) mass is 239 g/mol. The van der Waals surface area contributed by atoms with Gasteiger partial charge in [-0.3, -0.25) is 4.68 Å². The molecule has 0 atom stereocenters. The molecule has 2 heterocycles. The molecule has 0 amide bonds. The predicted molar refractivity (Wildman–Crippen MR) is 64.6 cm³/mol. The van der Waals surface area contributed by atoms with Crippen LogP contribution in [0.15, 0.2) is 12.3 Å². The lowest BCUT2D eigenvalue weighted by atomic mass is 9.94. The fourth-order valence-corrected chi connectivity index (χ4v) is 2.15. The third-order valence-electron chi connectivity index (χ3n) is 3.29. The number of aromatic nitrogens is 2. The first-order chi connectivity index (χ1) is 8.23. The molecule has 0 saturated carbocycles. The van der Waals surface area contributed by atoms with Crippen LogP contribution in [0, 0.1) is 0 Å². The summed E-state index contributed by atoms with van der Waals surface area (Å²) in [6, 6.07) is 2.00. The first kappa shape index (κ1) is 12.5. The molecule has 1 saturated heterocycles. The number of hydrogen-bond donors (Lipinski definition) is 2. The fraction of sp³-hybridized carbons (Fsp3) is 0.750. The Morgan fingerprint density at radius 2 is 2.29 bits per heavy atom. The highest BCUT2D eigenvalue weighted by atomic mass is 16.5. The lowest BCUT2D eigenvalue weighted by molar-refractivity contribution is -0.0617. The number of nitrogens with one attached hydrogen (secondary N) is 1. The molecule has 2 rings (SSSR count). The molecule has 1 fully saturated rings. The molecule has 0 aromatic carbocycles. The van der Waals surface area contributed by atoms with Gasteiger partial charge in [0.2, 0.25) is 0 Å². The zero-order valence-corrected chi connectivity index (χ0v) is 10.4. The first-order valence-corrected chi connectivity index (χ1v) is 6.25. The van der Waals surface area contributed by atoms with Gasteiger partial charge in [-0.1, -0.05) is 0 Å². The summed E-state index contributed by atoms with van der Waals surface area (Å²) in [4.78, 5) is 0. The minimum atomic E-state index is -0.602. The SMILES string of the molecule is CCn1nccc1CNCC1(O)CCOCC1. The van der Waals surface area contributed by atoms with Crippen LogP contribution in [0.4, 0.5) is 0 Å². The van der Waals surface area contributed by atoms with Crippen molar-refractivity contribution in [3.8, 4) is 0 Å². The molecule has 0 aliphatic carbocycles. The Morgan fingerprint density at radius 1 is 1.53 bits per heavy atom. The third kappa shape index (κ3) is 3.28. The summed E-state index contributed by atoms with van der Waals surface area (Å²) in [5.41, 5.74) is 0.554. The van der Waals surface area contributed by atoms with Gasteiger partial charge in [0.25, 0.3) is 0 Å². The highest BCUT2D eigenvalue weighted by Crippen LogP contribution is 2.19. The van der Waals surface area contributed by atoms with Crippen LogP contribution in [-0.2, 0) is 17.8 Å². The molecular formula is C12H21N3O2. The van der Waals surface area contributed by atoms with Crippen molar-refractivity contribution in [2.24, 2.45) is 0 Å². The van der Waals surface area contributed by atoms with Crippen molar-refractivity contribution in [2.45, 2.75) is 38.5 Å². The Labute approximate surface area is 102 Å². The van der Waals surface area contributed by atoms with Gasteiger partial charge < -0.3 is 15.2 Å². The van der Waals surface area contributed by atoms with Crippen LogP contribution in [0.1, 0.15) is 25.5 Å². The van der Waals surface area contributed by atoms with Gasteiger partial charge in [0.1, 0.15) is 0 Å². The molecule has 0 unspecified atom stereocenters. The Bertz CT molecular complexity index is 345. The van der Waals surface area contributed by atoms with Crippen molar-refractivity contribution in [3.05, 3.63) is 18.0 Å². The number of rotatable bonds is 5. The number of nitrogens with zero attached hydrogens (tertiary/aromatic N) is 2. The zero-order valence-electron chi connectivity index (χ0n) is 10.4. The van der Waals surface area contributed by atoms with E-state index >= 15 is 0 Å². The first-order valence-electron chi connectivity index (χ1n) is 6.25. The third-order valence-corrected chi connectivity index (χ3v) is 3.29. The second-order valence-corrected chi connectivity index (χ2v) is 4.58. The highest BCUT2D eigenvalue weighted by molar-refractivity contribution is 5.00. The lowest BCUT2D eigenvalue weighted by Crippen LogP contribution is -2.44. The van der Waals surface area contributed by atoms with Gasteiger partial charge in [-0.15, -0.1) is 0 Å². The average molecular weight is 239 g/mol. The summed E-state index contributed by atoms with van der Waals surface area (Å²) < 4.78 is 7.21. The maximum Gasteiger partial charge on any atom is 0.0815 e. The maximum absolute atomic E-state index is 10.3. The number of aryl methyl sites for hydroxylation is 1. The van der Waals surface area contributed by atoms with Crippen LogP contribution < -0.4 is 5.32 Å². The average Bonchev–Trinajstić information content (AvgIpc) is 2.77. The summed E-state index contributed by atoms with van der Waals surface area (Å²) in [5, 5.41) is 17.8. The van der Waals surface area contributed by atoms with Crippen molar-refractivity contribution in [2.75, 3.05) is 19.8 Å². The van der Waals surface area contributed by atoms with E-state index in [0.717, 1.165) is 18.8 Å². The molecule has 0 bridgehead atoms. The van der Waals surface area contributed by atoms with Crippen molar-refractivity contribution in [1.29, 1.82) is 0 Å². The minimum Gasteiger partial charge on any atom is -0.388 e. The van der Waals surface area contributed by atoms with E-state index in [0.29, 0.717) is 32.6 Å². The van der Waals surface area contributed by atoms with E-state index in [-0.39, 0.29) is 0 Å². The molecule has 0 radical (unpaired) electrons. The van der Waals surface area contributed by atoms with Crippen LogP contribution in [0.25, 0.3) is 0 Å². The molecule has 5 nitrogen and oxygen atoms in total. The number of aliphatic hydroxyl groups is 1. The summed E-state index contributed by atoms with van der Waals surface area (Å²) in [7, 11) is 0. The maximum atomic E-state index is 10.3. The molecule has 5 heteroatoms. The lowest BCUT2D eigenvalue weighted by Gasteiger charge is -2.32. The molecule has 1 aromatic heterocycles. The van der Waals surface area contributed by atoms with Gasteiger partial charge in [-0.05, 0) is 13.0 Å². The van der Waals surface area contributed by atoms with Gasteiger partial charge in [0.05, 0.1) is 11.3 Å². The predicted octanol–water partition coefficient (Wildman–Crippen LogP) is 0.534. The Balaban J connectivity index is 1.79. The Kier molecular flexibility index (Phi) is 4.15. The fourth-order valence-electron chi connectivity index (χ4n) is 2.15. The van der Waals surface area contributed by atoms with E-state index in [9.17, 15) is 5.11 Å². The summed E-state index contributed by atoms with van der Waals surface area (Å²) in [6.07, 6.45) is 3.24. The normalized spacial score (nSPS) is 19.4. The number of hydrogen-bond acceptors (Lipinski definition) is 4. The van der Waals surface area contributed by atoms with Crippen LogP contribution >= 0.6 is 0 Å². The summed E-state index contributed by atoms with van der Waals surface area (Å²) in [6.45, 7) is 5.63. The molecule has 2 N–H and O–H groups in total. The molecule has 17 heavy (non-hydrogen) atoms. The molecule has 0 spiro atoms. The highest BCUT2D eigenvalue weighted by Gasteiger charge is 2.29. The van der Waals surface area contributed by atoms with Crippen LogP contribution in [-0.4, -0.2) is 40.2 Å². The van der Waals surface area contributed by atoms with E-state index < -0.39 is 5.60 Å². The zero-order chi connectivity index (χ0) is 12.1. The quantitative estimate of drug-likeness (QED) is 0.787. The second kappa shape index (κ2) is 5.62. The van der Waals surface area contributed by atoms with E-state index in [2.05, 4.69) is 17.3 Å². The smallest absolute Gasteiger partial charge is 0.0815 e. The molecule has 96 valence electrons. The molecule has 1 aliphatic rings. The Hall–Kier alpha value is -0.910. The minimum absolute atomic E-state index is 0.602.